The highest BCUT2D eigenvalue weighted by atomic mass is 35.5. The summed E-state index contributed by atoms with van der Waals surface area (Å²) in [6, 6.07) is 9.43. The van der Waals surface area contributed by atoms with Gasteiger partial charge in [-0.25, -0.2) is 0 Å². The van der Waals surface area contributed by atoms with Crippen molar-refractivity contribution in [3.63, 3.8) is 0 Å². The molecule has 3 nitrogen and oxygen atoms in total. The maximum atomic E-state index is 11.3. The number of rotatable bonds is 7. The van der Waals surface area contributed by atoms with E-state index in [4.69, 9.17) is 16.3 Å². The fraction of sp³-hybridized carbons (Fsp3) is 0.308. The molecule has 0 saturated carbocycles. The van der Waals surface area contributed by atoms with Gasteiger partial charge in [0.25, 0.3) is 0 Å². The Morgan fingerprint density at radius 3 is 2.76 bits per heavy atom. The molecule has 0 saturated heterocycles. The van der Waals surface area contributed by atoms with E-state index in [2.05, 4.69) is 5.32 Å². The largest absolute Gasteiger partial charge is 0.493 e. The van der Waals surface area contributed by atoms with Gasteiger partial charge in [0.2, 0.25) is 5.91 Å². The molecular weight excluding hydrogens is 238 g/mol. The first-order valence-corrected chi connectivity index (χ1v) is 6.02. The Kier molecular flexibility index (Phi) is 6.91. The number of carbonyl (C=O) groups excluding carboxylic acids is 1. The number of allylic oxidation sites excluding steroid dienone is 1. The molecule has 1 aromatic rings. The molecule has 0 aliphatic heterocycles. The van der Waals surface area contributed by atoms with E-state index in [-0.39, 0.29) is 5.91 Å². The molecule has 0 bridgehead atoms. The Balaban J connectivity index is 2.10. The molecule has 0 radical (unpaired) electrons. The number of carbonyl (C=O) groups is 1. The van der Waals surface area contributed by atoms with Gasteiger partial charge >= 0.3 is 0 Å². The summed E-state index contributed by atoms with van der Waals surface area (Å²) >= 11 is 5.45. The number of amides is 1. The molecule has 0 aliphatic carbocycles. The van der Waals surface area contributed by atoms with Crippen LogP contribution in [0.25, 0.3) is 0 Å². The zero-order valence-electron chi connectivity index (χ0n) is 9.56. The van der Waals surface area contributed by atoms with Crippen LogP contribution >= 0.6 is 11.6 Å². The zero-order valence-corrected chi connectivity index (χ0v) is 10.3. The first-order chi connectivity index (χ1) is 8.33. The van der Waals surface area contributed by atoms with Gasteiger partial charge < -0.3 is 10.1 Å². The van der Waals surface area contributed by atoms with Gasteiger partial charge in [-0.05, 0) is 12.1 Å². The normalized spacial score (nSPS) is 10.4. The minimum Gasteiger partial charge on any atom is -0.493 e. The molecule has 0 aliphatic rings. The molecule has 1 amide bonds. The molecule has 0 heterocycles. The van der Waals surface area contributed by atoms with Crippen molar-refractivity contribution < 1.29 is 9.53 Å². The van der Waals surface area contributed by atoms with E-state index in [0.717, 1.165) is 5.75 Å². The van der Waals surface area contributed by atoms with Gasteiger partial charge in [0, 0.05) is 12.4 Å². The average molecular weight is 254 g/mol. The monoisotopic (exact) mass is 253 g/mol. The second-order valence-corrected chi connectivity index (χ2v) is 3.65. The van der Waals surface area contributed by atoms with E-state index in [0.29, 0.717) is 25.5 Å². The van der Waals surface area contributed by atoms with E-state index in [1.54, 1.807) is 6.08 Å². The first kappa shape index (κ1) is 13.6. The molecule has 4 heteroatoms. The highest BCUT2D eigenvalue weighted by molar-refractivity contribution is 6.18. The van der Waals surface area contributed by atoms with E-state index in [1.807, 2.05) is 36.4 Å². The fourth-order valence-electron chi connectivity index (χ4n) is 1.19. The summed E-state index contributed by atoms with van der Waals surface area (Å²) in [7, 11) is 0. The Bertz CT molecular complexity index is 352. The Labute approximate surface area is 106 Å². The van der Waals surface area contributed by atoms with Gasteiger partial charge in [-0.3, -0.25) is 4.79 Å². The summed E-state index contributed by atoms with van der Waals surface area (Å²) in [6.45, 7) is 0.895. The van der Waals surface area contributed by atoms with E-state index in [9.17, 15) is 4.79 Å². The summed E-state index contributed by atoms with van der Waals surface area (Å²) in [4.78, 5) is 11.3. The maximum absolute atomic E-state index is 11.3. The smallest absolute Gasteiger partial charge is 0.223 e. The molecule has 0 aromatic heterocycles. The van der Waals surface area contributed by atoms with Crippen molar-refractivity contribution in [2.24, 2.45) is 0 Å². The highest BCUT2D eigenvalue weighted by Gasteiger charge is 1.99. The second kappa shape index (κ2) is 8.65. The third-order valence-corrected chi connectivity index (χ3v) is 2.19. The number of halogens is 1. The summed E-state index contributed by atoms with van der Waals surface area (Å²) < 4.78 is 5.40. The molecule has 1 N–H and O–H groups in total. The molecule has 0 atom stereocenters. The number of para-hydroxylation sites is 1. The molecule has 1 aromatic carbocycles. The predicted molar refractivity (Wildman–Crippen MR) is 69.4 cm³/mol. The molecule has 0 spiro atoms. The minimum atomic E-state index is -0.0276. The number of hydrogen-bond acceptors (Lipinski definition) is 2. The lowest BCUT2D eigenvalue weighted by atomic mass is 10.3. The quantitative estimate of drug-likeness (QED) is 0.599. The van der Waals surface area contributed by atoms with Crippen molar-refractivity contribution in [1.29, 1.82) is 0 Å². The van der Waals surface area contributed by atoms with Crippen molar-refractivity contribution in [3.05, 3.63) is 42.5 Å². The molecule has 0 fully saturated rings. The van der Waals surface area contributed by atoms with Gasteiger partial charge in [0.15, 0.2) is 0 Å². The third-order valence-electron chi connectivity index (χ3n) is 2.01. The number of ether oxygens (including phenoxy) is 1. The van der Waals surface area contributed by atoms with Crippen LogP contribution < -0.4 is 10.1 Å². The van der Waals surface area contributed by atoms with Crippen LogP contribution in [-0.2, 0) is 4.79 Å². The van der Waals surface area contributed by atoms with Crippen molar-refractivity contribution in [2.45, 2.75) is 6.42 Å². The van der Waals surface area contributed by atoms with Crippen LogP contribution in [0.3, 0.4) is 0 Å². The van der Waals surface area contributed by atoms with Crippen molar-refractivity contribution in [2.75, 3.05) is 19.0 Å². The third kappa shape index (κ3) is 6.64. The number of benzene rings is 1. The van der Waals surface area contributed by atoms with Crippen molar-refractivity contribution in [3.8, 4) is 5.75 Å². The van der Waals surface area contributed by atoms with Gasteiger partial charge in [-0.15, -0.1) is 11.6 Å². The molecule has 0 unspecified atom stereocenters. The van der Waals surface area contributed by atoms with Crippen LogP contribution in [0.1, 0.15) is 6.42 Å². The van der Waals surface area contributed by atoms with Crippen LogP contribution in [-0.4, -0.2) is 24.9 Å². The average Bonchev–Trinajstić information content (AvgIpc) is 2.36. The van der Waals surface area contributed by atoms with Gasteiger partial charge in [-0.1, -0.05) is 30.4 Å². The van der Waals surface area contributed by atoms with E-state index in [1.165, 1.54) is 0 Å². The summed E-state index contributed by atoms with van der Waals surface area (Å²) in [6.07, 6.45) is 3.97. The van der Waals surface area contributed by atoms with E-state index >= 15 is 0 Å². The van der Waals surface area contributed by atoms with Gasteiger partial charge in [0.1, 0.15) is 5.75 Å². The Morgan fingerprint density at radius 1 is 1.29 bits per heavy atom. The lowest BCUT2D eigenvalue weighted by Gasteiger charge is -2.05. The summed E-state index contributed by atoms with van der Waals surface area (Å²) in [5.74, 6) is 1.22. The Morgan fingerprint density at radius 2 is 2.06 bits per heavy atom. The molecule has 17 heavy (non-hydrogen) atoms. The van der Waals surface area contributed by atoms with E-state index < -0.39 is 0 Å². The maximum Gasteiger partial charge on any atom is 0.223 e. The number of alkyl halides is 1. The summed E-state index contributed by atoms with van der Waals surface area (Å²) in [5.41, 5.74) is 0. The van der Waals surface area contributed by atoms with Crippen LogP contribution in [0.2, 0.25) is 0 Å². The Hall–Kier alpha value is -1.48. The standard InChI is InChI=1S/C13H16ClNO2/c14-9-4-5-10-15-13(16)8-11-17-12-6-2-1-3-7-12/h1-7H,8-11H2,(H,15,16)/b5-4+. The number of hydrogen-bond donors (Lipinski definition) is 1. The molecule has 1 rings (SSSR count). The van der Waals surface area contributed by atoms with Crippen LogP contribution in [0, 0.1) is 0 Å². The van der Waals surface area contributed by atoms with Gasteiger partial charge in [-0.2, -0.15) is 0 Å². The van der Waals surface area contributed by atoms with Crippen molar-refractivity contribution >= 4 is 17.5 Å². The highest BCUT2D eigenvalue weighted by Crippen LogP contribution is 2.08. The summed E-state index contributed by atoms with van der Waals surface area (Å²) in [5, 5.41) is 2.74. The fourth-order valence-corrected chi connectivity index (χ4v) is 1.31. The van der Waals surface area contributed by atoms with Crippen LogP contribution in [0.15, 0.2) is 42.5 Å². The minimum absolute atomic E-state index is 0.0276. The lowest BCUT2D eigenvalue weighted by Crippen LogP contribution is -2.24. The molecule has 92 valence electrons. The van der Waals surface area contributed by atoms with Crippen LogP contribution in [0.4, 0.5) is 0 Å². The number of nitrogens with one attached hydrogen (secondary N) is 1. The van der Waals surface area contributed by atoms with Gasteiger partial charge in [0.05, 0.1) is 13.0 Å². The van der Waals surface area contributed by atoms with Crippen molar-refractivity contribution in [1.82, 2.24) is 5.32 Å². The zero-order chi connectivity index (χ0) is 12.3. The second-order valence-electron chi connectivity index (χ2n) is 3.34. The predicted octanol–water partition coefficient (Wildman–Crippen LogP) is 2.37. The first-order valence-electron chi connectivity index (χ1n) is 5.48. The topological polar surface area (TPSA) is 38.3 Å². The van der Waals surface area contributed by atoms with Crippen LogP contribution in [0.5, 0.6) is 5.75 Å². The SMILES string of the molecule is O=C(CCOc1ccccc1)NC/C=C/CCl. The lowest BCUT2D eigenvalue weighted by molar-refractivity contribution is -0.121. The molecular formula is C13H16ClNO2.